The number of Topliss-reactive ketones (excluding diaryl/α,β-unsaturated/α-hetero) is 1. The van der Waals surface area contributed by atoms with Crippen LogP contribution in [0.15, 0.2) is 36.5 Å². The van der Waals surface area contributed by atoms with Gasteiger partial charge in [0.05, 0.1) is 0 Å². The van der Waals surface area contributed by atoms with Crippen molar-refractivity contribution in [2.45, 2.75) is 52.4 Å². The fourth-order valence-electron chi connectivity index (χ4n) is 4.18. The number of aryl methyl sites for hydroxylation is 4. The number of aromatic amines is 1. The number of H-pyrrole nitrogens is 1. The molecule has 1 atom stereocenters. The van der Waals surface area contributed by atoms with Crippen molar-refractivity contribution >= 4 is 23.1 Å². The first kappa shape index (κ1) is 20.1. The molecular formula is C24H29N5O. The number of aromatic nitrogens is 3. The first-order valence-electron chi connectivity index (χ1n) is 10.6. The van der Waals surface area contributed by atoms with Gasteiger partial charge in [-0.2, -0.15) is 5.10 Å². The Labute approximate surface area is 177 Å². The van der Waals surface area contributed by atoms with E-state index in [9.17, 15) is 4.79 Å². The van der Waals surface area contributed by atoms with Gasteiger partial charge >= 0.3 is 0 Å². The van der Waals surface area contributed by atoms with Crippen molar-refractivity contribution in [1.82, 2.24) is 15.2 Å². The monoisotopic (exact) mass is 403 g/mol. The van der Waals surface area contributed by atoms with Crippen LogP contribution in [0.2, 0.25) is 0 Å². The number of hydrogen-bond acceptors (Lipinski definition) is 5. The number of nitrogen functional groups attached to an aromatic ring is 1. The lowest BCUT2D eigenvalue weighted by molar-refractivity contribution is -0.120. The highest BCUT2D eigenvalue weighted by atomic mass is 16.1. The number of benzene rings is 1. The molecule has 4 N–H and O–H groups in total. The molecule has 2 heterocycles. The summed E-state index contributed by atoms with van der Waals surface area (Å²) in [5.74, 6) is 1.91. The van der Waals surface area contributed by atoms with Gasteiger partial charge in [0.25, 0.3) is 0 Å². The quantitative estimate of drug-likeness (QED) is 0.421. The van der Waals surface area contributed by atoms with Gasteiger partial charge in [-0.15, -0.1) is 0 Å². The molecular weight excluding hydrogens is 374 g/mol. The zero-order chi connectivity index (χ0) is 21.1. The lowest BCUT2D eigenvalue weighted by Gasteiger charge is -2.12. The van der Waals surface area contributed by atoms with Crippen LogP contribution in [0.25, 0.3) is 0 Å². The van der Waals surface area contributed by atoms with Crippen LogP contribution in [-0.2, 0) is 30.5 Å². The minimum atomic E-state index is 0.119. The first-order chi connectivity index (χ1) is 14.5. The third kappa shape index (κ3) is 4.70. The molecule has 0 radical (unpaired) electrons. The van der Waals surface area contributed by atoms with Crippen molar-refractivity contribution in [2.75, 3.05) is 11.1 Å². The van der Waals surface area contributed by atoms with E-state index in [1.54, 1.807) is 6.92 Å². The second-order valence-corrected chi connectivity index (χ2v) is 8.33. The number of nitrogens with one attached hydrogen (secondary N) is 2. The van der Waals surface area contributed by atoms with Gasteiger partial charge < -0.3 is 11.1 Å². The smallest absolute Gasteiger partial charge is 0.153 e. The molecule has 30 heavy (non-hydrogen) atoms. The van der Waals surface area contributed by atoms with Crippen molar-refractivity contribution in [3.05, 3.63) is 64.5 Å². The van der Waals surface area contributed by atoms with Gasteiger partial charge in [-0.3, -0.25) is 9.89 Å². The predicted octanol–water partition coefficient (Wildman–Crippen LogP) is 4.31. The fourth-order valence-corrected chi connectivity index (χ4v) is 4.18. The van der Waals surface area contributed by atoms with Crippen LogP contribution < -0.4 is 11.1 Å². The number of fused-ring (bicyclic) bond motifs is 1. The van der Waals surface area contributed by atoms with Gasteiger partial charge in [-0.05, 0) is 92.8 Å². The van der Waals surface area contributed by atoms with Gasteiger partial charge in [0.1, 0.15) is 11.6 Å². The molecule has 0 saturated carbocycles. The van der Waals surface area contributed by atoms with E-state index in [1.165, 1.54) is 22.3 Å². The van der Waals surface area contributed by atoms with Crippen LogP contribution in [0, 0.1) is 12.8 Å². The number of ketones is 1. The molecule has 0 amide bonds. The lowest BCUT2D eigenvalue weighted by Crippen LogP contribution is -2.13. The summed E-state index contributed by atoms with van der Waals surface area (Å²) in [5, 5.41) is 10.8. The van der Waals surface area contributed by atoms with Gasteiger partial charge in [0, 0.05) is 29.6 Å². The van der Waals surface area contributed by atoms with Gasteiger partial charge in [-0.25, -0.2) is 4.98 Å². The van der Waals surface area contributed by atoms with E-state index in [0.29, 0.717) is 0 Å². The number of pyridine rings is 1. The van der Waals surface area contributed by atoms with Crippen molar-refractivity contribution in [2.24, 2.45) is 5.92 Å². The largest absolute Gasteiger partial charge is 0.399 e. The molecule has 6 nitrogen and oxygen atoms in total. The maximum atomic E-state index is 11.9. The Morgan fingerprint density at radius 3 is 2.90 bits per heavy atom. The summed E-state index contributed by atoms with van der Waals surface area (Å²) >= 11 is 0. The summed E-state index contributed by atoms with van der Waals surface area (Å²) in [7, 11) is 0. The van der Waals surface area contributed by atoms with Crippen LogP contribution in [0.5, 0.6) is 0 Å². The van der Waals surface area contributed by atoms with Gasteiger partial charge in [0.15, 0.2) is 5.82 Å². The van der Waals surface area contributed by atoms with Crippen LogP contribution in [-0.4, -0.2) is 21.0 Å². The Balaban J connectivity index is 1.42. The Kier molecular flexibility index (Phi) is 5.84. The predicted molar refractivity (Wildman–Crippen MR) is 120 cm³/mol. The number of nitrogens with two attached hydrogens (primary N) is 1. The normalized spacial score (nSPS) is 16.0. The molecule has 6 heteroatoms. The third-order valence-electron chi connectivity index (χ3n) is 6.05. The van der Waals surface area contributed by atoms with E-state index in [4.69, 9.17) is 5.73 Å². The van der Waals surface area contributed by atoms with E-state index in [1.807, 2.05) is 24.4 Å². The molecule has 0 spiro atoms. The average Bonchev–Trinajstić information content (AvgIpc) is 3.04. The second-order valence-electron chi connectivity index (χ2n) is 8.33. The van der Waals surface area contributed by atoms with Crippen molar-refractivity contribution < 1.29 is 4.79 Å². The number of anilines is 3. The van der Waals surface area contributed by atoms with E-state index in [2.05, 4.69) is 39.6 Å². The number of carbonyl (C=O) groups is 1. The molecule has 2 aromatic heterocycles. The number of nitrogens with zero attached hydrogens (tertiary/aromatic N) is 2. The van der Waals surface area contributed by atoms with Crippen LogP contribution >= 0.6 is 0 Å². The third-order valence-corrected chi connectivity index (χ3v) is 6.05. The lowest BCUT2D eigenvalue weighted by atomic mass is 9.94. The topological polar surface area (TPSA) is 96.7 Å². The highest BCUT2D eigenvalue weighted by molar-refractivity contribution is 5.78. The van der Waals surface area contributed by atoms with Crippen LogP contribution in [0.4, 0.5) is 17.3 Å². The summed E-state index contributed by atoms with van der Waals surface area (Å²) in [6.07, 6.45) is 7.49. The number of carbonyl (C=O) groups excluding carboxylic acids is 1. The second kappa shape index (κ2) is 8.69. The Bertz CT molecular complexity index is 1060. The Morgan fingerprint density at radius 2 is 2.07 bits per heavy atom. The number of hydrogen-bond donors (Lipinski definition) is 3. The zero-order valence-corrected chi connectivity index (χ0v) is 17.7. The molecule has 1 aromatic carbocycles. The summed E-state index contributed by atoms with van der Waals surface area (Å²) in [6.45, 7) is 3.81. The molecule has 3 aromatic rings. The highest BCUT2D eigenvalue weighted by Gasteiger charge is 2.21. The van der Waals surface area contributed by atoms with Crippen molar-refractivity contribution in [1.29, 1.82) is 0 Å². The molecule has 0 aliphatic heterocycles. The van der Waals surface area contributed by atoms with E-state index < -0.39 is 0 Å². The van der Waals surface area contributed by atoms with Crippen LogP contribution in [0.3, 0.4) is 0 Å². The zero-order valence-electron chi connectivity index (χ0n) is 17.7. The fraction of sp³-hybridized carbons (Fsp3) is 0.375. The summed E-state index contributed by atoms with van der Waals surface area (Å²) in [6, 6.07) is 10.1. The molecule has 156 valence electrons. The summed E-state index contributed by atoms with van der Waals surface area (Å²) < 4.78 is 0. The molecule has 1 aliphatic rings. The molecule has 0 saturated heterocycles. The SMILES string of the molecule is CC(=O)C1CCCc2cnc(Nc3cc(CCc4cc(N)ccc4C)[nH]n3)cc2C1. The standard InChI is InChI=1S/C24H29N5O/c1-15-6-8-21(25)11-17(15)7-9-22-13-24(29-28-22)27-23-12-20-10-18(16(2)30)4-3-5-19(20)14-26-23/h6,8,11-14,18H,3-5,7,9-10,25H2,1-2H3,(H2,26,27,28,29). The molecule has 0 fully saturated rings. The molecule has 1 aliphatic carbocycles. The first-order valence-corrected chi connectivity index (χ1v) is 10.6. The average molecular weight is 404 g/mol. The minimum Gasteiger partial charge on any atom is -0.399 e. The molecule has 0 bridgehead atoms. The Hall–Kier alpha value is -3.15. The maximum Gasteiger partial charge on any atom is 0.153 e. The molecule has 4 rings (SSSR count). The minimum absolute atomic E-state index is 0.119. The van der Waals surface area contributed by atoms with E-state index >= 15 is 0 Å². The summed E-state index contributed by atoms with van der Waals surface area (Å²) in [5.41, 5.74) is 12.8. The van der Waals surface area contributed by atoms with Gasteiger partial charge in [-0.1, -0.05) is 6.07 Å². The summed E-state index contributed by atoms with van der Waals surface area (Å²) in [4.78, 5) is 16.5. The Morgan fingerprint density at radius 1 is 1.20 bits per heavy atom. The maximum absolute atomic E-state index is 11.9. The van der Waals surface area contributed by atoms with Crippen molar-refractivity contribution in [3.63, 3.8) is 0 Å². The molecule has 1 unspecified atom stereocenters. The van der Waals surface area contributed by atoms with Gasteiger partial charge in [0.2, 0.25) is 0 Å². The number of rotatable bonds is 6. The van der Waals surface area contributed by atoms with E-state index in [0.717, 1.165) is 61.5 Å². The highest BCUT2D eigenvalue weighted by Crippen LogP contribution is 2.27. The van der Waals surface area contributed by atoms with Crippen LogP contribution in [0.1, 0.15) is 47.7 Å². The van der Waals surface area contributed by atoms with Crippen molar-refractivity contribution in [3.8, 4) is 0 Å². The van der Waals surface area contributed by atoms with E-state index in [-0.39, 0.29) is 11.7 Å².